The largest absolute Gasteiger partial charge is 0.478 e. The number of rotatable bonds is 6. The standard InChI is InChI=1S/C13H17FN2O3/c1-16(2)12(6-13(17)18)19-8-9-3-4-10(7-15)11(14)5-9/h3-6H,7-8,15H2,1-2H3,(H,17,18). The summed E-state index contributed by atoms with van der Waals surface area (Å²) in [5.41, 5.74) is 6.40. The van der Waals surface area contributed by atoms with E-state index >= 15 is 0 Å². The molecule has 0 saturated heterocycles. The summed E-state index contributed by atoms with van der Waals surface area (Å²) in [5.74, 6) is -1.30. The number of ether oxygens (including phenoxy) is 1. The normalized spacial score (nSPS) is 11.3. The third-order valence-electron chi connectivity index (χ3n) is 2.41. The quantitative estimate of drug-likeness (QED) is 0.600. The number of benzene rings is 1. The monoisotopic (exact) mass is 268 g/mol. The molecule has 0 aliphatic rings. The molecule has 0 amide bonds. The van der Waals surface area contributed by atoms with Gasteiger partial charge in [0.2, 0.25) is 0 Å². The summed E-state index contributed by atoms with van der Waals surface area (Å²) >= 11 is 0. The van der Waals surface area contributed by atoms with Gasteiger partial charge in [-0.3, -0.25) is 0 Å². The Balaban J connectivity index is 2.75. The summed E-state index contributed by atoms with van der Waals surface area (Å²) in [4.78, 5) is 12.1. The highest BCUT2D eigenvalue weighted by atomic mass is 19.1. The maximum atomic E-state index is 13.5. The highest BCUT2D eigenvalue weighted by molar-refractivity contribution is 5.80. The second-order valence-electron chi connectivity index (χ2n) is 4.13. The molecule has 0 spiro atoms. The fraction of sp³-hybridized carbons (Fsp3) is 0.308. The van der Waals surface area contributed by atoms with Gasteiger partial charge >= 0.3 is 5.97 Å². The molecule has 3 N–H and O–H groups in total. The van der Waals surface area contributed by atoms with Crippen LogP contribution in [0.15, 0.2) is 30.2 Å². The summed E-state index contributed by atoms with van der Waals surface area (Å²) in [6.45, 7) is 0.216. The van der Waals surface area contributed by atoms with Gasteiger partial charge in [-0.2, -0.15) is 0 Å². The van der Waals surface area contributed by atoms with E-state index in [9.17, 15) is 9.18 Å². The summed E-state index contributed by atoms with van der Waals surface area (Å²) in [6.07, 6.45) is 0.949. The predicted octanol–water partition coefficient (Wildman–Crippen LogP) is 1.29. The average molecular weight is 268 g/mol. The fourth-order valence-corrected chi connectivity index (χ4v) is 1.41. The second-order valence-corrected chi connectivity index (χ2v) is 4.13. The van der Waals surface area contributed by atoms with Crippen LogP contribution in [0.5, 0.6) is 0 Å². The highest BCUT2D eigenvalue weighted by Gasteiger charge is 2.07. The molecule has 6 heteroatoms. The van der Waals surface area contributed by atoms with E-state index in [4.69, 9.17) is 15.6 Å². The van der Waals surface area contributed by atoms with E-state index in [1.807, 2.05) is 0 Å². The van der Waals surface area contributed by atoms with E-state index in [1.54, 1.807) is 26.2 Å². The smallest absolute Gasteiger partial charge is 0.333 e. The number of halogens is 1. The van der Waals surface area contributed by atoms with Crippen molar-refractivity contribution >= 4 is 5.97 Å². The van der Waals surface area contributed by atoms with Crippen molar-refractivity contribution in [2.24, 2.45) is 5.73 Å². The molecule has 0 aromatic heterocycles. The molecule has 1 aromatic rings. The molecule has 1 aromatic carbocycles. The number of aliphatic carboxylic acids is 1. The summed E-state index contributed by atoms with van der Waals surface area (Å²) in [7, 11) is 3.32. The molecule has 0 aliphatic heterocycles. The number of hydrogen-bond donors (Lipinski definition) is 2. The third kappa shape index (κ3) is 4.59. The van der Waals surface area contributed by atoms with Gasteiger partial charge in [0.05, 0.1) is 6.08 Å². The minimum absolute atomic E-state index is 0.0824. The SMILES string of the molecule is CN(C)C(=CC(=O)O)OCc1ccc(CN)c(F)c1. The Labute approximate surface area is 111 Å². The van der Waals surface area contributed by atoms with E-state index in [1.165, 1.54) is 11.0 Å². The Morgan fingerprint density at radius 1 is 1.53 bits per heavy atom. The van der Waals surface area contributed by atoms with Crippen molar-refractivity contribution in [2.45, 2.75) is 13.2 Å². The van der Waals surface area contributed by atoms with Crippen LogP contribution in [0.1, 0.15) is 11.1 Å². The van der Waals surface area contributed by atoms with Gasteiger partial charge in [0.25, 0.3) is 0 Å². The van der Waals surface area contributed by atoms with E-state index in [2.05, 4.69) is 0 Å². The van der Waals surface area contributed by atoms with Crippen LogP contribution in [0.4, 0.5) is 4.39 Å². The maximum Gasteiger partial charge on any atom is 0.333 e. The lowest BCUT2D eigenvalue weighted by molar-refractivity contribution is -0.131. The van der Waals surface area contributed by atoms with Crippen molar-refractivity contribution in [3.05, 3.63) is 47.1 Å². The molecular weight excluding hydrogens is 251 g/mol. The lowest BCUT2D eigenvalue weighted by atomic mass is 10.1. The Bertz CT molecular complexity index is 487. The first-order valence-electron chi connectivity index (χ1n) is 5.66. The Hall–Kier alpha value is -2.08. The van der Waals surface area contributed by atoms with E-state index < -0.39 is 11.8 Å². The lowest BCUT2D eigenvalue weighted by Gasteiger charge is -2.17. The van der Waals surface area contributed by atoms with Gasteiger partial charge in [-0.25, -0.2) is 9.18 Å². The minimum Gasteiger partial charge on any atom is -0.478 e. The first kappa shape index (κ1) is 15.0. The zero-order valence-corrected chi connectivity index (χ0v) is 10.9. The van der Waals surface area contributed by atoms with E-state index in [-0.39, 0.29) is 19.0 Å². The summed E-state index contributed by atoms with van der Waals surface area (Å²) in [6, 6.07) is 4.61. The molecule has 0 aliphatic carbocycles. The number of hydrogen-bond acceptors (Lipinski definition) is 4. The van der Waals surface area contributed by atoms with Crippen molar-refractivity contribution in [3.8, 4) is 0 Å². The topological polar surface area (TPSA) is 75.8 Å². The van der Waals surface area contributed by atoms with Crippen LogP contribution in [0.2, 0.25) is 0 Å². The van der Waals surface area contributed by atoms with E-state index in [0.717, 1.165) is 6.08 Å². The Morgan fingerprint density at radius 3 is 2.68 bits per heavy atom. The van der Waals surface area contributed by atoms with Crippen molar-refractivity contribution in [2.75, 3.05) is 14.1 Å². The molecule has 0 atom stereocenters. The van der Waals surface area contributed by atoms with Crippen LogP contribution in [-0.4, -0.2) is 30.1 Å². The molecule has 104 valence electrons. The van der Waals surface area contributed by atoms with Gasteiger partial charge in [0.15, 0.2) is 5.88 Å². The van der Waals surface area contributed by atoms with Crippen LogP contribution in [0, 0.1) is 5.82 Å². The fourth-order valence-electron chi connectivity index (χ4n) is 1.41. The minimum atomic E-state index is -1.10. The summed E-state index contributed by atoms with van der Waals surface area (Å²) < 4.78 is 18.8. The number of nitrogens with two attached hydrogens (primary N) is 1. The number of nitrogens with zero attached hydrogens (tertiary/aromatic N) is 1. The second kappa shape index (κ2) is 6.75. The van der Waals surface area contributed by atoms with Crippen LogP contribution in [-0.2, 0) is 22.7 Å². The molecule has 19 heavy (non-hydrogen) atoms. The molecule has 0 unspecified atom stereocenters. The molecule has 0 heterocycles. The van der Waals surface area contributed by atoms with Crippen LogP contribution in [0.3, 0.4) is 0 Å². The van der Waals surface area contributed by atoms with E-state index in [0.29, 0.717) is 11.1 Å². The van der Waals surface area contributed by atoms with Crippen molar-refractivity contribution in [1.29, 1.82) is 0 Å². The number of carboxylic acids is 1. The predicted molar refractivity (Wildman–Crippen MR) is 68.5 cm³/mol. The maximum absolute atomic E-state index is 13.5. The van der Waals surface area contributed by atoms with Crippen molar-refractivity contribution < 1.29 is 19.0 Å². The lowest BCUT2D eigenvalue weighted by Crippen LogP contribution is -2.15. The Morgan fingerprint density at radius 2 is 2.21 bits per heavy atom. The van der Waals surface area contributed by atoms with Gasteiger partial charge in [-0.05, 0) is 11.6 Å². The summed E-state index contributed by atoms with van der Waals surface area (Å²) in [5, 5.41) is 8.69. The van der Waals surface area contributed by atoms with Crippen molar-refractivity contribution in [3.63, 3.8) is 0 Å². The zero-order valence-electron chi connectivity index (χ0n) is 10.9. The van der Waals surface area contributed by atoms with Crippen LogP contribution >= 0.6 is 0 Å². The molecule has 0 bridgehead atoms. The van der Waals surface area contributed by atoms with Gasteiger partial charge in [-0.1, -0.05) is 12.1 Å². The molecule has 0 radical (unpaired) electrons. The first-order chi connectivity index (χ1) is 8.93. The van der Waals surface area contributed by atoms with Crippen LogP contribution < -0.4 is 5.73 Å². The van der Waals surface area contributed by atoms with Crippen molar-refractivity contribution in [1.82, 2.24) is 4.90 Å². The van der Waals surface area contributed by atoms with Gasteiger partial charge in [0, 0.05) is 26.2 Å². The number of carboxylic acid groups (broad SMARTS) is 1. The highest BCUT2D eigenvalue weighted by Crippen LogP contribution is 2.13. The van der Waals surface area contributed by atoms with Gasteiger partial charge in [0.1, 0.15) is 12.4 Å². The zero-order chi connectivity index (χ0) is 14.4. The molecule has 0 fully saturated rings. The van der Waals surface area contributed by atoms with Gasteiger partial charge in [-0.15, -0.1) is 0 Å². The first-order valence-corrected chi connectivity index (χ1v) is 5.66. The van der Waals surface area contributed by atoms with Crippen LogP contribution in [0.25, 0.3) is 0 Å². The third-order valence-corrected chi connectivity index (χ3v) is 2.41. The Kier molecular flexibility index (Phi) is 5.32. The average Bonchev–Trinajstić information content (AvgIpc) is 2.34. The molecule has 1 rings (SSSR count). The van der Waals surface area contributed by atoms with Gasteiger partial charge < -0.3 is 20.5 Å². The molecule has 5 nitrogen and oxygen atoms in total. The molecule has 0 saturated carbocycles. The number of carbonyl (C=O) groups is 1. The molecular formula is C13H17FN2O3.